The molecule has 0 bridgehead atoms. The molecule has 0 heterocycles. The van der Waals surface area contributed by atoms with Gasteiger partial charge in [-0.05, 0) is 97.8 Å². The zero-order valence-electron chi connectivity index (χ0n) is 24.1. The van der Waals surface area contributed by atoms with Gasteiger partial charge in [-0.2, -0.15) is 5.10 Å². The Balaban J connectivity index is 0.000000342. The topological polar surface area (TPSA) is 174 Å². The summed E-state index contributed by atoms with van der Waals surface area (Å²) in [5, 5.41) is 13.0. The van der Waals surface area contributed by atoms with Crippen molar-refractivity contribution in [2.75, 3.05) is 10.9 Å². The minimum absolute atomic E-state index is 0. The van der Waals surface area contributed by atoms with Crippen molar-refractivity contribution < 1.29 is 66.0 Å². The van der Waals surface area contributed by atoms with E-state index in [4.69, 9.17) is 10.9 Å². The molecular weight excluding hydrogens is 605 g/mol. The van der Waals surface area contributed by atoms with Crippen LogP contribution in [0.1, 0.15) is 51.1 Å². The quantitative estimate of drug-likeness (QED) is 0.0565. The minimum Gasteiger partial charge on any atom is -0.746 e. The van der Waals surface area contributed by atoms with Gasteiger partial charge in [0.1, 0.15) is 21.8 Å². The molecule has 4 aromatic carbocycles. The van der Waals surface area contributed by atoms with Crippen molar-refractivity contribution in [2.24, 2.45) is 10.9 Å². The fraction of sp³-hybridized carbons (Fsp3) is 0.100. The van der Waals surface area contributed by atoms with Crippen molar-refractivity contribution in [3.63, 3.8) is 0 Å². The number of carbonyl (C=O) groups is 2. The average molecular weight is 635 g/mol. The van der Waals surface area contributed by atoms with Crippen LogP contribution in [0.15, 0.2) is 102 Å². The molecule has 0 aliphatic heterocycles. The first kappa shape index (κ1) is 38.2. The molecule has 0 aromatic heterocycles. The van der Waals surface area contributed by atoms with Crippen molar-refractivity contribution in [1.82, 2.24) is 0 Å². The number of benzene rings is 4. The third-order valence-electron chi connectivity index (χ3n) is 5.46. The Hall–Kier alpha value is -3.82. The molecule has 44 heavy (non-hydrogen) atoms. The molecule has 0 radical (unpaired) electrons. The van der Waals surface area contributed by atoms with E-state index in [0.29, 0.717) is 11.1 Å². The second-order valence-corrected chi connectivity index (χ2v) is 10.2. The normalized spacial score (nSPS) is 11.1. The Morgan fingerprint density at radius 2 is 1.20 bits per heavy atom. The maximum Gasteiger partial charge on any atom is 1.00 e. The molecule has 0 fully saturated rings. The number of nitrogen functional groups attached to an aromatic ring is 1. The number of anilines is 2. The van der Waals surface area contributed by atoms with E-state index in [1.807, 2.05) is 0 Å². The maximum absolute atomic E-state index is 12.7. The van der Waals surface area contributed by atoms with Crippen molar-refractivity contribution in [2.45, 2.75) is 19.3 Å². The molecule has 14 heteroatoms. The molecule has 0 aliphatic rings. The number of rotatable bonds is 8. The van der Waals surface area contributed by atoms with E-state index in [0.717, 1.165) is 41.2 Å². The molecule has 4 aromatic rings. The van der Waals surface area contributed by atoms with Crippen LogP contribution in [0.25, 0.3) is 0 Å². The first-order valence-corrected chi connectivity index (χ1v) is 13.9. The SMILES string of the molecule is CC(=O)c1ccc(N/N=C/c2ccc(F)cc2)cc1.CC(=O)c1ccc(NN)cc1.O=S(=O)([O-])C(O)c1ccc(F)cc1.[Na+]. The van der Waals surface area contributed by atoms with Crippen molar-refractivity contribution in [3.8, 4) is 0 Å². The number of nitrogens with one attached hydrogen (secondary N) is 2. The molecule has 1 atom stereocenters. The number of halogens is 2. The van der Waals surface area contributed by atoms with Gasteiger partial charge in [0.05, 0.1) is 11.9 Å². The zero-order chi connectivity index (χ0) is 32.0. The number of hydrazine groups is 1. The van der Waals surface area contributed by atoms with Crippen molar-refractivity contribution in [3.05, 3.63) is 131 Å². The van der Waals surface area contributed by atoms with E-state index >= 15 is 0 Å². The molecule has 10 nitrogen and oxygen atoms in total. The Bertz CT molecular complexity index is 1620. The number of hydrazone groups is 1. The molecule has 0 saturated carbocycles. The second-order valence-electron chi connectivity index (χ2n) is 8.73. The Kier molecular flexibility index (Phi) is 16.3. The molecule has 0 aliphatic carbocycles. The number of nitrogens with two attached hydrogens (primary N) is 1. The van der Waals surface area contributed by atoms with Crippen LogP contribution in [-0.2, 0) is 10.1 Å². The van der Waals surface area contributed by atoms with E-state index in [1.54, 1.807) is 66.9 Å². The van der Waals surface area contributed by atoms with Gasteiger partial charge in [0.15, 0.2) is 17.0 Å². The van der Waals surface area contributed by atoms with Gasteiger partial charge in [0.2, 0.25) is 0 Å². The number of nitrogens with zero attached hydrogens (tertiary/aromatic N) is 1. The van der Waals surface area contributed by atoms with Gasteiger partial charge in [-0.1, -0.05) is 24.3 Å². The van der Waals surface area contributed by atoms with Gasteiger partial charge in [0.25, 0.3) is 0 Å². The van der Waals surface area contributed by atoms with E-state index in [9.17, 15) is 31.3 Å². The van der Waals surface area contributed by atoms with E-state index in [-0.39, 0.29) is 52.5 Å². The van der Waals surface area contributed by atoms with Gasteiger partial charge >= 0.3 is 29.6 Å². The third kappa shape index (κ3) is 13.7. The van der Waals surface area contributed by atoms with Crippen molar-refractivity contribution in [1.29, 1.82) is 0 Å². The Labute approximate surface area is 276 Å². The van der Waals surface area contributed by atoms with Crippen LogP contribution in [0.3, 0.4) is 0 Å². The van der Waals surface area contributed by atoms with E-state index < -0.39 is 21.4 Å². The summed E-state index contributed by atoms with van der Waals surface area (Å²) in [6.07, 6.45) is 1.60. The molecule has 1 unspecified atom stereocenters. The Morgan fingerprint density at radius 1 is 0.795 bits per heavy atom. The minimum atomic E-state index is -4.79. The summed E-state index contributed by atoms with van der Waals surface area (Å²) in [5.41, 5.74) is 6.79. The summed E-state index contributed by atoms with van der Waals surface area (Å²) >= 11 is 0. The molecule has 4 rings (SSSR count). The standard InChI is InChI=1S/C15H13FN2O.C8H10N2O.C7H7FO4S.Na/c1-11(19)13-4-8-15(9-5-13)18-17-10-12-2-6-14(16)7-3-12;1-6(11)7-2-4-8(10-9)5-3-7;8-6-3-1-5(2-4-6)7(9)13(10,11)12;/h2-10,18H,1H3;2-5,10H,9H2,1H3;1-4,7,9H,(H,10,11,12);/q;;;+1/p-1/b17-10+;;;. The monoisotopic (exact) mass is 634 g/mol. The number of hydrogen-bond acceptors (Lipinski definition) is 10. The van der Waals surface area contributed by atoms with Crippen LogP contribution in [0.5, 0.6) is 0 Å². The average Bonchev–Trinajstić information content (AvgIpc) is 2.99. The van der Waals surface area contributed by atoms with Gasteiger partial charge < -0.3 is 15.1 Å². The van der Waals surface area contributed by atoms with Crippen molar-refractivity contribution >= 4 is 39.3 Å². The van der Waals surface area contributed by atoms with Crippen LogP contribution in [0, 0.1) is 11.6 Å². The predicted octanol–water partition coefficient (Wildman–Crippen LogP) is 2.01. The molecule has 0 amide bonds. The van der Waals surface area contributed by atoms with Gasteiger partial charge in [0, 0.05) is 16.8 Å². The first-order valence-electron chi connectivity index (χ1n) is 12.4. The zero-order valence-corrected chi connectivity index (χ0v) is 26.9. The second kappa shape index (κ2) is 18.8. The molecule has 0 saturated heterocycles. The number of hydrogen-bond donors (Lipinski definition) is 4. The molecule has 226 valence electrons. The summed E-state index contributed by atoms with van der Waals surface area (Å²) in [4.78, 5) is 21.9. The summed E-state index contributed by atoms with van der Waals surface area (Å²) in [6.45, 7) is 3.06. The number of carbonyl (C=O) groups excluding carboxylic acids is 2. The first-order chi connectivity index (χ1) is 20.3. The predicted molar refractivity (Wildman–Crippen MR) is 159 cm³/mol. The number of aliphatic hydroxyl groups excluding tert-OH is 1. The summed E-state index contributed by atoms with van der Waals surface area (Å²) in [5.74, 6) is 4.39. The van der Waals surface area contributed by atoms with E-state index in [1.165, 1.54) is 26.0 Å². The van der Waals surface area contributed by atoms with Crippen LogP contribution < -0.4 is 46.3 Å². The van der Waals surface area contributed by atoms with Crippen LogP contribution in [0.4, 0.5) is 20.2 Å². The number of Topliss-reactive ketones (excluding diaryl/α,β-unsaturated/α-hetero) is 2. The van der Waals surface area contributed by atoms with Gasteiger partial charge in [-0.25, -0.2) is 17.2 Å². The van der Waals surface area contributed by atoms with E-state index in [2.05, 4.69) is 16.0 Å². The van der Waals surface area contributed by atoms with Crippen LogP contribution >= 0.6 is 0 Å². The van der Waals surface area contributed by atoms with Crippen LogP contribution in [0.2, 0.25) is 0 Å². The van der Waals surface area contributed by atoms with Gasteiger partial charge in [-0.3, -0.25) is 20.9 Å². The number of ketones is 2. The summed E-state index contributed by atoms with van der Waals surface area (Å²) < 4.78 is 56.0. The third-order valence-corrected chi connectivity index (χ3v) is 6.27. The smallest absolute Gasteiger partial charge is 0.746 e. The Morgan fingerprint density at radius 3 is 1.59 bits per heavy atom. The fourth-order valence-corrected chi connectivity index (χ4v) is 3.60. The molecule has 0 spiro atoms. The van der Waals surface area contributed by atoms with Gasteiger partial charge in [-0.15, -0.1) is 0 Å². The number of aliphatic hydroxyl groups is 1. The summed E-state index contributed by atoms with van der Waals surface area (Å²) in [7, 11) is -4.79. The van der Waals surface area contributed by atoms with Crippen LogP contribution in [-0.4, -0.2) is 35.9 Å². The molecular formula is C30H29F2N4NaO6S. The molecule has 5 N–H and O–H groups in total. The largest absolute Gasteiger partial charge is 1.00 e. The fourth-order valence-electron chi connectivity index (χ4n) is 3.10. The summed E-state index contributed by atoms with van der Waals surface area (Å²) in [6, 6.07) is 24.0. The maximum atomic E-state index is 12.7.